The van der Waals surface area contributed by atoms with Crippen LogP contribution in [0.3, 0.4) is 0 Å². The predicted octanol–water partition coefficient (Wildman–Crippen LogP) is 2.39. The molecule has 0 aromatic heterocycles. The fourth-order valence-corrected chi connectivity index (χ4v) is 4.26. The van der Waals surface area contributed by atoms with E-state index in [1.165, 1.54) is 0 Å². The third-order valence-electron chi connectivity index (χ3n) is 2.96. The number of hydrogen-bond donors (Lipinski definition) is 0. The molecular formula is C10H20O2S. The van der Waals surface area contributed by atoms with Crippen LogP contribution in [0, 0.1) is 5.92 Å². The van der Waals surface area contributed by atoms with Crippen molar-refractivity contribution in [3.63, 3.8) is 0 Å². The maximum atomic E-state index is 12.0. The van der Waals surface area contributed by atoms with Crippen LogP contribution in [0.25, 0.3) is 0 Å². The molecule has 2 nitrogen and oxygen atoms in total. The fourth-order valence-electron chi connectivity index (χ4n) is 2.07. The Bertz CT molecular complexity index is 259. The second-order valence-electron chi connectivity index (χ2n) is 4.83. The van der Waals surface area contributed by atoms with Crippen LogP contribution in [0.5, 0.6) is 0 Å². The van der Waals surface area contributed by atoms with Crippen molar-refractivity contribution in [2.45, 2.75) is 51.2 Å². The maximum Gasteiger partial charge on any atom is 0.155 e. The van der Waals surface area contributed by atoms with Crippen LogP contribution in [-0.2, 0) is 9.84 Å². The Morgan fingerprint density at radius 3 is 2.08 bits per heavy atom. The van der Waals surface area contributed by atoms with Crippen LogP contribution in [-0.4, -0.2) is 18.9 Å². The lowest BCUT2D eigenvalue weighted by Gasteiger charge is -2.24. The van der Waals surface area contributed by atoms with E-state index < -0.39 is 14.6 Å². The lowest BCUT2D eigenvalue weighted by Crippen LogP contribution is -2.35. The van der Waals surface area contributed by atoms with Crippen LogP contribution < -0.4 is 0 Å². The first-order valence-corrected chi connectivity index (χ1v) is 6.75. The van der Waals surface area contributed by atoms with Gasteiger partial charge in [-0.2, -0.15) is 0 Å². The largest absolute Gasteiger partial charge is 0.228 e. The first-order chi connectivity index (χ1) is 5.87. The number of sulfone groups is 1. The summed E-state index contributed by atoms with van der Waals surface area (Å²) in [5.41, 5.74) is 0. The topological polar surface area (TPSA) is 34.1 Å². The molecule has 0 N–H and O–H groups in total. The Morgan fingerprint density at radius 1 is 1.23 bits per heavy atom. The minimum absolute atomic E-state index is 0.252. The zero-order valence-corrected chi connectivity index (χ0v) is 9.65. The van der Waals surface area contributed by atoms with Crippen molar-refractivity contribution in [3.8, 4) is 0 Å². The van der Waals surface area contributed by atoms with Gasteiger partial charge >= 0.3 is 0 Å². The molecule has 0 aromatic rings. The minimum atomic E-state index is -2.86. The second-order valence-corrected chi connectivity index (χ2v) is 7.38. The van der Waals surface area contributed by atoms with Gasteiger partial charge in [0.05, 0.1) is 10.5 Å². The summed E-state index contributed by atoms with van der Waals surface area (Å²) in [6, 6.07) is 0. The summed E-state index contributed by atoms with van der Waals surface area (Å²) < 4.78 is 23.5. The van der Waals surface area contributed by atoms with Gasteiger partial charge in [-0.1, -0.05) is 26.7 Å². The summed E-state index contributed by atoms with van der Waals surface area (Å²) in [4.78, 5) is 0. The van der Waals surface area contributed by atoms with Crippen molar-refractivity contribution in [1.29, 1.82) is 0 Å². The first kappa shape index (κ1) is 11.0. The molecule has 1 saturated carbocycles. The first-order valence-electron chi connectivity index (χ1n) is 5.10. The highest BCUT2D eigenvalue weighted by atomic mass is 32.2. The SMILES string of the molecule is CC(C)CS(=O)(=O)C1(C)CCCC1. The van der Waals surface area contributed by atoms with Gasteiger partial charge < -0.3 is 0 Å². The van der Waals surface area contributed by atoms with Crippen molar-refractivity contribution < 1.29 is 8.42 Å². The van der Waals surface area contributed by atoms with Crippen LogP contribution in [0.4, 0.5) is 0 Å². The van der Waals surface area contributed by atoms with Gasteiger partial charge in [0.15, 0.2) is 9.84 Å². The minimum Gasteiger partial charge on any atom is -0.228 e. The molecule has 3 heteroatoms. The lowest BCUT2D eigenvalue weighted by atomic mass is 10.1. The molecule has 1 fully saturated rings. The van der Waals surface area contributed by atoms with Gasteiger partial charge in [0.25, 0.3) is 0 Å². The molecule has 0 saturated heterocycles. The molecule has 0 spiro atoms. The zero-order chi connectivity index (χ0) is 10.1. The van der Waals surface area contributed by atoms with E-state index in [0.717, 1.165) is 25.7 Å². The van der Waals surface area contributed by atoms with E-state index in [4.69, 9.17) is 0 Å². The van der Waals surface area contributed by atoms with Crippen molar-refractivity contribution in [2.75, 3.05) is 5.75 Å². The number of hydrogen-bond acceptors (Lipinski definition) is 2. The van der Waals surface area contributed by atoms with Crippen LogP contribution in [0.1, 0.15) is 46.5 Å². The predicted molar refractivity (Wildman–Crippen MR) is 55.5 cm³/mol. The summed E-state index contributed by atoms with van der Waals surface area (Å²) in [5.74, 6) is 0.603. The van der Waals surface area contributed by atoms with E-state index in [9.17, 15) is 8.42 Å². The van der Waals surface area contributed by atoms with Crippen molar-refractivity contribution >= 4 is 9.84 Å². The molecule has 0 aliphatic heterocycles. The molecule has 78 valence electrons. The normalized spacial score (nSPS) is 22.5. The van der Waals surface area contributed by atoms with Gasteiger partial charge in [-0.05, 0) is 25.7 Å². The molecule has 0 amide bonds. The van der Waals surface area contributed by atoms with Gasteiger partial charge in [0, 0.05) is 0 Å². The molecule has 1 aliphatic rings. The highest BCUT2D eigenvalue weighted by Gasteiger charge is 2.41. The molecule has 0 radical (unpaired) electrons. The standard InChI is InChI=1S/C10H20O2S/c1-9(2)8-13(11,12)10(3)6-4-5-7-10/h9H,4-8H2,1-3H3. The Labute approximate surface area is 81.6 Å². The molecular weight excluding hydrogens is 184 g/mol. The van der Waals surface area contributed by atoms with E-state index in [1.54, 1.807) is 0 Å². The molecule has 0 aromatic carbocycles. The average molecular weight is 204 g/mol. The smallest absolute Gasteiger partial charge is 0.155 e. The molecule has 1 rings (SSSR count). The molecule has 0 unspecified atom stereocenters. The summed E-state index contributed by atoms with van der Waals surface area (Å²) in [6.45, 7) is 5.85. The molecule has 0 atom stereocenters. The van der Waals surface area contributed by atoms with Gasteiger partial charge in [0.2, 0.25) is 0 Å². The Hall–Kier alpha value is -0.0500. The van der Waals surface area contributed by atoms with Crippen molar-refractivity contribution in [2.24, 2.45) is 5.92 Å². The highest BCUT2D eigenvalue weighted by molar-refractivity contribution is 7.92. The van der Waals surface area contributed by atoms with Crippen LogP contribution in [0.15, 0.2) is 0 Å². The summed E-state index contributed by atoms with van der Waals surface area (Å²) in [5, 5.41) is 0. The van der Waals surface area contributed by atoms with E-state index in [1.807, 2.05) is 20.8 Å². The average Bonchev–Trinajstić information content (AvgIpc) is 2.34. The Morgan fingerprint density at radius 2 is 1.69 bits per heavy atom. The number of rotatable bonds is 3. The summed E-state index contributed by atoms with van der Waals surface area (Å²) in [7, 11) is -2.86. The monoisotopic (exact) mass is 204 g/mol. The maximum absolute atomic E-state index is 12.0. The van der Waals surface area contributed by atoms with Crippen molar-refractivity contribution in [1.82, 2.24) is 0 Å². The third kappa shape index (κ3) is 2.25. The molecule has 0 heterocycles. The Kier molecular flexibility index (Phi) is 3.05. The third-order valence-corrected chi connectivity index (χ3v) is 5.98. The lowest BCUT2D eigenvalue weighted by molar-refractivity contribution is 0.523. The van der Waals surface area contributed by atoms with E-state index >= 15 is 0 Å². The van der Waals surface area contributed by atoms with Crippen LogP contribution >= 0.6 is 0 Å². The van der Waals surface area contributed by atoms with E-state index in [-0.39, 0.29) is 5.92 Å². The Balaban J connectivity index is 2.79. The highest BCUT2D eigenvalue weighted by Crippen LogP contribution is 2.37. The van der Waals surface area contributed by atoms with Gasteiger partial charge in [-0.3, -0.25) is 0 Å². The molecule has 0 bridgehead atoms. The molecule has 1 aliphatic carbocycles. The fraction of sp³-hybridized carbons (Fsp3) is 1.00. The quantitative estimate of drug-likeness (QED) is 0.707. The molecule has 13 heavy (non-hydrogen) atoms. The zero-order valence-electron chi connectivity index (χ0n) is 8.84. The summed E-state index contributed by atoms with van der Waals surface area (Å²) in [6.07, 6.45) is 3.88. The second kappa shape index (κ2) is 3.60. The van der Waals surface area contributed by atoms with Crippen molar-refractivity contribution in [3.05, 3.63) is 0 Å². The summed E-state index contributed by atoms with van der Waals surface area (Å²) >= 11 is 0. The van der Waals surface area contributed by atoms with Gasteiger partial charge in [-0.25, -0.2) is 8.42 Å². The van der Waals surface area contributed by atoms with E-state index in [2.05, 4.69) is 0 Å². The van der Waals surface area contributed by atoms with E-state index in [0.29, 0.717) is 5.75 Å². The van der Waals surface area contributed by atoms with Crippen LogP contribution in [0.2, 0.25) is 0 Å². The van der Waals surface area contributed by atoms with Gasteiger partial charge in [-0.15, -0.1) is 0 Å². The van der Waals surface area contributed by atoms with Gasteiger partial charge in [0.1, 0.15) is 0 Å².